The molecule has 1 aromatic carbocycles. The number of hydrogen-bond donors (Lipinski definition) is 0. The maximum absolute atomic E-state index is 2.27. The number of para-hydroxylation sites is 1. The number of hydrogen-bond acceptors (Lipinski definition) is 1. The van der Waals surface area contributed by atoms with Gasteiger partial charge in [-0.05, 0) is 19.1 Å². The van der Waals surface area contributed by atoms with Crippen molar-refractivity contribution in [1.29, 1.82) is 0 Å². The van der Waals surface area contributed by atoms with E-state index in [1.807, 2.05) is 11.3 Å². The lowest BCUT2D eigenvalue weighted by atomic mass is 10.2. The SMILES string of the molecule is Cc1cc2c(s1)c1ccccc1n2C. The van der Waals surface area contributed by atoms with Gasteiger partial charge in [0.15, 0.2) is 0 Å². The molecule has 14 heavy (non-hydrogen) atoms. The van der Waals surface area contributed by atoms with Crippen LogP contribution in [0.4, 0.5) is 0 Å². The van der Waals surface area contributed by atoms with Crippen LogP contribution in [0.15, 0.2) is 30.3 Å². The van der Waals surface area contributed by atoms with Crippen LogP contribution in [-0.2, 0) is 7.05 Å². The summed E-state index contributed by atoms with van der Waals surface area (Å²) in [4.78, 5) is 1.39. The fraction of sp³-hybridized carbons (Fsp3) is 0.167. The van der Waals surface area contributed by atoms with E-state index in [0.717, 1.165) is 0 Å². The Labute approximate surface area is 86.6 Å². The third-order valence-corrected chi connectivity index (χ3v) is 3.78. The Balaban J connectivity index is 2.65. The zero-order valence-electron chi connectivity index (χ0n) is 8.24. The summed E-state index contributed by atoms with van der Waals surface area (Å²) in [7, 11) is 2.14. The molecule has 0 radical (unpaired) electrons. The average molecular weight is 201 g/mol. The highest BCUT2D eigenvalue weighted by Crippen LogP contribution is 2.34. The zero-order valence-corrected chi connectivity index (χ0v) is 9.06. The molecular formula is C12H11NS. The van der Waals surface area contributed by atoms with Gasteiger partial charge in [-0.2, -0.15) is 0 Å². The van der Waals surface area contributed by atoms with Crippen molar-refractivity contribution in [2.45, 2.75) is 6.92 Å². The van der Waals surface area contributed by atoms with Crippen molar-refractivity contribution >= 4 is 32.5 Å². The Morgan fingerprint density at radius 3 is 2.79 bits per heavy atom. The normalized spacial score (nSPS) is 11.6. The van der Waals surface area contributed by atoms with Crippen molar-refractivity contribution < 1.29 is 0 Å². The Morgan fingerprint density at radius 2 is 1.93 bits per heavy atom. The molecule has 2 heteroatoms. The molecule has 0 saturated carbocycles. The van der Waals surface area contributed by atoms with Crippen LogP contribution in [0.3, 0.4) is 0 Å². The van der Waals surface area contributed by atoms with Crippen LogP contribution in [0.1, 0.15) is 4.88 Å². The molecule has 1 nitrogen and oxygen atoms in total. The van der Waals surface area contributed by atoms with Crippen molar-refractivity contribution in [3.63, 3.8) is 0 Å². The molecule has 2 aromatic heterocycles. The molecular weight excluding hydrogens is 190 g/mol. The number of benzene rings is 1. The predicted molar refractivity (Wildman–Crippen MR) is 63.0 cm³/mol. The Morgan fingerprint density at radius 1 is 1.14 bits per heavy atom. The first-order valence-electron chi connectivity index (χ1n) is 4.71. The van der Waals surface area contributed by atoms with Crippen molar-refractivity contribution in [2.75, 3.05) is 0 Å². The van der Waals surface area contributed by atoms with Gasteiger partial charge in [-0.15, -0.1) is 11.3 Å². The van der Waals surface area contributed by atoms with Gasteiger partial charge in [0.05, 0.1) is 10.2 Å². The summed E-state index contributed by atoms with van der Waals surface area (Å²) in [5.74, 6) is 0. The molecule has 0 N–H and O–H groups in total. The standard InChI is InChI=1S/C12H11NS/c1-8-7-11-12(14-8)9-5-3-4-6-10(9)13(11)2/h3-7H,1-2H3. The summed E-state index contributed by atoms with van der Waals surface area (Å²) < 4.78 is 3.69. The summed E-state index contributed by atoms with van der Waals surface area (Å²) >= 11 is 1.88. The number of nitrogens with zero attached hydrogens (tertiary/aromatic N) is 1. The molecule has 3 rings (SSSR count). The quantitative estimate of drug-likeness (QED) is 0.522. The van der Waals surface area contributed by atoms with Crippen molar-refractivity contribution in [2.24, 2.45) is 7.05 Å². The Hall–Kier alpha value is -1.28. The van der Waals surface area contributed by atoms with Gasteiger partial charge < -0.3 is 4.57 Å². The van der Waals surface area contributed by atoms with Gasteiger partial charge in [0, 0.05) is 22.8 Å². The van der Waals surface area contributed by atoms with Crippen LogP contribution in [0.25, 0.3) is 21.1 Å². The fourth-order valence-corrected chi connectivity index (χ4v) is 3.11. The molecule has 0 amide bonds. The molecule has 0 aliphatic rings. The van der Waals surface area contributed by atoms with E-state index >= 15 is 0 Å². The first-order valence-corrected chi connectivity index (χ1v) is 5.52. The summed E-state index contributed by atoms with van der Waals surface area (Å²) in [5.41, 5.74) is 2.68. The van der Waals surface area contributed by atoms with E-state index < -0.39 is 0 Å². The number of aromatic nitrogens is 1. The molecule has 0 aliphatic heterocycles. The molecule has 3 aromatic rings. The van der Waals surface area contributed by atoms with E-state index in [0.29, 0.717) is 0 Å². The number of aryl methyl sites for hydroxylation is 2. The lowest BCUT2D eigenvalue weighted by molar-refractivity contribution is 1.01. The van der Waals surface area contributed by atoms with Gasteiger partial charge in [-0.1, -0.05) is 18.2 Å². The topological polar surface area (TPSA) is 4.93 Å². The lowest BCUT2D eigenvalue weighted by Crippen LogP contribution is -1.84. The number of rotatable bonds is 0. The van der Waals surface area contributed by atoms with Gasteiger partial charge in [-0.25, -0.2) is 0 Å². The van der Waals surface area contributed by atoms with Gasteiger partial charge >= 0.3 is 0 Å². The van der Waals surface area contributed by atoms with Crippen molar-refractivity contribution in [3.8, 4) is 0 Å². The summed E-state index contributed by atoms with van der Waals surface area (Å²) in [6, 6.07) is 10.8. The van der Waals surface area contributed by atoms with E-state index in [1.165, 1.54) is 26.0 Å². The second-order valence-electron chi connectivity index (χ2n) is 3.65. The average Bonchev–Trinajstić information content (AvgIpc) is 2.68. The smallest absolute Gasteiger partial charge is 0.0603 e. The minimum Gasteiger partial charge on any atom is -0.343 e. The van der Waals surface area contributed by atoms with Crippen LogP contribution in [0.2, 0.25) is 0 Å². The first-order chi connectivity index (χ1) is 6.77. The van der Waals surface area contributed by atoms with Gasteiger partial charge in [0.2, 0.25) is 0 Å². The minimum absolute atomic E-state index is 1.33. The van der Waals surface area contributed by atoms with Crippen LogP contribution in [0.5, 0.6) is 0 Å². The van der Waals surface area contributed by atoms with E-state index in [-0.39, 0.29) is 0 Å². The number of thiophene rings is 1. The third-order valence-electron chi connectivity index (χ3n) is 2.71. The summed E-state index contributed by atoms with van der Waals surface area (Å²) in [6.45, 7) is 2.17. The molecule has 0 unspecified atom stereocenters. The third kappa shape index (κ3) is 0.891. The van der Waals surface area contributed by atoms with E-state index in [4.69, 9.17) is 0 Å². The van der Waals surface area contributed by atoms with Crippen LogP contribution in [-0.4, -0.2) is 4.57 Å². The molecule has 0 fully saturated rings. The molecule has 0 bridgehead atoms. The van der Waals surface area contributed by atoms with Crippen LogP contribution >= 0.6 is 11.3 Å². The highest BCUT2D eigenvalue weighted by molar-refractivity contribution is 7.20. The van der Waals surface area contributed by atoms with E-state index in [9.17, 15) is 0 Å². The van der Waals surface area contributed by atoms with Gasteiger partial charge in [0.1, 0.15) is 0 Å². The molecule has 70 valence electrons. The Bertz CT molecular complexity index is 616. The molecule has 0 atom stereocenters. The Kier molecular flexibility index (Phi) is 1.50. The van der Waals surface area contributed by atoms with Crippen molar-refractivity contribution in [3.05, 3.63) is 35.2 Å². The number of fused-ring (bicyclic) bond motifs is 3. The zero-order chi connectivity index (χ0) is 9.71. The molecule has 0 saturated heterocycles. The van der Waals surface area contributed by atoms with Gasteiger partial charge in [0.25, 0.3) is 0 Å². The second kappa shape index (κ2) is 2.61. The fourth-order valence-electron chi connectivity index (χ4n) is 2.03. The molecule has 2 heterocycles. The maximum Gasteiger partial charge on any atom is 0.0603 e. The monoisotopic (exact) mass is 201 g/mol. The van der Waals surface area contributed by atoms with E-state index in [2.05, 4.69) is 48.9 Å². The van der Waals surface area contributed by atoms with Crippen LogP contribution < -0.4 is 0 Å². The van der Waals surface area contributed by atoms with E-state index in [1.54, 1.807) is 0 Å². The molecule has 0 aliphatic carbocycles. The second-order valence-corrected chi connectivity index (χ2v) is 4.90. The summed E-state index contributed by atoms with van der Waals surface area (Å²) in [5, 5.41) is 1.38. The maximum atomic E-state index is 2.27. The largest absolute Gasteiger partial charge is 0.343 e. The highest BCUT2D eigenvalue weighted by atomic mass is 32.1. The highest BCUT2D eigenvalue weighted by Gasteiger charge is 2.09. The van der Waals surface area contributed by atoms with Gasteiger partial charge in [-0.3, -0.25) is 0 Å². The minimum atomic E-state index is 1.33. The summed E-state index contributed by atoms with van der Waals surface area (Å²) in [6.07, 6.45) is 0. The van der Waals surface area contributed by atoms with Crippen LogP contribution in [0, 0.1) is 6.92 Å². The molecule has 0 spiro atoms. The predicted octanol–water partition coefficient (Wildman–Crippen LogP) is 3.70. The first kappa shape index (κ1) is 8.06. The van der Waals surface area contributed by atoms with Crippen molar-refractivity contribution in [1.82, 2.24) is 4.57 Å². The lowest BCUT2D eigenvalue weighted by Gasteiger charge is -1.95.